The first kappa shape index (κ1) is 23.4. The van der Waals surface area contributed by atoms with Gasteiger partial charge in [-0.3, -0.25) is 9.59 Å². The number of carbonyl (C=O) groups excluding carboxylic acids is 2. The van der Waals surface area contributed by atoms with Crippen molar-refractivity contribution in [2.24, 2.45) is 0 Å². The Kier molecular flexibility index (Phi) is 6.88. The third kappa shape index (κ3) is 4.63. The van der Waals surface area contributed by atoms with E-state index in [4.69, 9.17) is 0 Å². The number of carbonyl (C=O) groups is 2. The second-order valence-electron chi connectivity index (χ2n) is 8.29. The molecule has 0 radical (unpaired) electrons. The minimum absolute atomic E-state index is 0.108. The van der Waals surface area contributed by atoms with Gasteiger partial charge in [-0.05, 0) is 62.8 Å². The number of rotatable bonds is 8. The molecule has 0 aliphatic carbocycles. The fourth-order valence-corrected chi connectivity index (χ4v) is 4.28. The third-order valence-electron chi connectivity index (χ3n) is 6.23. The SMILES string of the molecule is CCN(CC)CCNC(=O)c1c(C)[nH]c(/C=C2\C(=O)Nc3ccc(-c4ncccn4)cc32)c1C. The average molecular weight is 459 g/mol. The molecule has 1 aromatic carbocycles. The molecule has 2 amide bonds. The Morgan fingerprint density at radius 2 is 1.88 bits per heavy atom. The van der Waals surface area contributed by atoms with Crippen molar-refractivity contribution in [3.63, 3.8) is 0 Å². The maximum absolute atomic E-state index is 12.9. The van der Waals surface area contributed by atoms with Crippen molar-refractivity contribution in [1.29, 1.82) is 0 Å². The summed E-state index contributed by atoms with van der Waals surface area (Å²) in [6, 6.07) is 7.44. The molecule has 34 heavy (non-hydrogen) atoms. The van der Waals surface area contributed by atoms with Crippen LogP contribution in [0.4, 0.5) is 5.69 Å². The number of benzene rings is 1. The van der Waals surface area contributed by atoms with Crippen LogP contribution in [0.25, 0.3) is 23.0 Å². The van der Waals surface area contributed by atoms with Gasteiger partial charge in [0.15, 0.2) is 5.82 Å². The third-order valence-corrected chi connectivity index (χ3v) is 6.23. The van der Waals surface area contributed by atoms with Crippen molar-refractivity contribution in [3.8, 4) is 11.4 Å². The number of likely N-dealkylation sites (N-methyl/N-ethyl adjacent to an activating group) is 1. The Morgan fingerprint density at radius 3 is 2.59 bits per heavy atom. The van der Waals surface area contributed by atoms with Gasteiger partial charge in [-0.1, -0.05) is 13.8 Å². The summed E-state index contributed by atoms with van der Waals surface area (Å²) in [7, 11) is 0. The van der Waals surface area contributed by atoms with Crippen LogP contribution in [0.1, 0.15) is 46.7 Å². The molecule has 0 saturated carbocycles. The van der Waals surface area contributed by atoms with E-state index in [1.165, 1.54) is 0 Å². The zero-order chi connectivity index (χ0) is 24.2. The normalized spacial score (nSPS) is 13.9. The van der Waals surface area contributed by atoms with Gasteiger partial charge >= 0.3 is 0 Å². The first-order valence-electron chi connectivity index (χ1n) is 11.6. The Bertz CT molecular complexity index is 1240. The molecular formula is C26H30N6O2. The van der Waals surface area contributed by atoms with Crippen LogP contribution in [0.15, 0.2) is 36.7 Å². The lowest BCUT2D eigenvalue weighted by atomic mass is 10.0. The largest absolute Gasteiger partial charge is 0.358 e. The van der Waals surface area contributed by atoms with E-state index in [1.54, 1.807) is 18.5 Å². The second-order valence-corrected chi connectivity index (χ2v) is 8.29. The number of fused-ring (bicyclic) bond motifs is 1. The van der Waals surface area contributed by atoms with Crippen molar-refractivity contribution in [1.82, 2.24) is 25.2 Å². The van der Waals surface area contributed by atoms with Gasteiger partial charge in [0.2, 0.25) is 0 Å². The number of aromatic amines is 1. The monoisotopic (exact) mass is 458 g/mol. The second kappa shape index (κ2) is 10.0. The summed E-state index contributed by atoms with van der Waals surface area (Å²) in [5, 5.41) is 5.94. The molecule has 0 bridgehead atoms. The van der Waals surface area contributed by atoms with E-state index in [2.05, 4.69) is 44.3 Å². The van der Waals surface area contributed by atoms with Gasteiger partial charge < -0.3 is 20.5 Å². The molecule has 2 aromatic heterocycles. The number of aryl methyl sites for hydroxylation is 1. The molecule has 0 unspecified atom stereocenters. The number of nitrogens with zero attached hydrogens (tertiary/aromatic N) is 3. The van der Waals surface area contributed by atoms with Gasteiger partial charge in [0.1, 0.15) is 0 Å². The average Bonchev–Trinajstić information content (AvgIpc) is 3.31. The lowest BCUT2D eigenvalue weighted by molar-refractivity contribution is -0.110. The van der Waals surface area contributed by atoms with Gasteiger partial charge in [-0.25, -0.2) is 9.97 Å². The Morgan fingerprint density at radius 1 is 1.15 bits per heavy atom. The maximum Gasteiger partial charge on any atom is 0.256 e. The number of hydrogen-bond acceptors (Lipinski definition) is 5. The van der Waals surface area contributed by atoms with Gasteiger partial charge in [0, 0.05) is 53.7 Å². The summed E-state index contributed by atoms with van der Waals surface area (Å²) < 4.78 is 0. The zero-order valence-corrected chi connectivity index (χ0v) is 20.0. The maximum atomic E-state index is 12.9. The predicted molar refractivity (Wildman–Crippen MR) is 134 cm³/mol. The number of nitrogens with one attached hydrogen (secondary N) is 3. The molecule has 0 spiro atoms. The minimum Gasteiger partial charge on any atom is -0.358 e. The van der Waals surface area contributed by atoms with Gasteiger partial charge in [-0.15, -0.1) is 0 Å². The number of anilines is 1. The van der Waals surface area contributed by atoms with Gasteiger partial charge in [0.05, 0.1) is 11.1 Å². The summed E-state index contributed by atoms with van der Waals surface area (Å²) in [4.78, 5) is 39.8. The van der Waals surface area contributed by atoms with Crippen LogP contribution in [-0.4, -0.2) is 57.8 Å². The number of amides is 2. The summed E-state index contributed by atoms with van der Waals surface area (Å²) in [6.45, 7) is 11.3. The Hall–Kier alpha value is -3.78. The molecule has 176 valence electrons. The molecule has 8 heteroatoms. The summed E-state index contributed by atoms with van der Waals surface area (Å²) >= 11 is 0. The fraction of sp³-hybridized carbons (Fsp3) is 0.308. The van der Waals surface area contributed by atoms with Crippen LogP contribution in [0, 0.1) is 13.8 Å². The van der Waals surface area contributed by atoms with E-state index < -0.39 is 0 Å². The first-order chi connectivity index (χ1) is 16.4. The van der Waals surface area contributed by atoms with Crippen molar-refractivity contribution < 1.29 is 9.59 Å². The van der Waals surface area contributed by atoms with Crippen LogP contribution < -0.4 is 10.6 Å². The first-order valence-corrected chi connectivity index (χ1v) is 11.6. The fourth-order valence-electron chi connectivity index (χ4n) is 4.28. The van der Waals surface area contributed by atoms with Crippen LogP contribution in [0.3, 0.4) is 0 Å². The molecule has 3 heterocycles. The number of H-pyrrole nitrogens is 1. The molecule has 8 nitrogen and oxygen atoms in total. The molecule has 0 fully saturated rings. The predicted octanol–water partition coefficient (Wildman–Crippen LogP) is 3.65. The van der Waals surface area contributed by atoms with Crippen LogP contribution in [0.2, 0.25) is 0 Å². The topological polar surface area (TPSA) is 103 Å². The summed E-state index contributed by atoms with van der Waals surface area (Å²) in [5.74, 6) is 0.306. The molecule has 4 rings (SSSR count). The van der Waals surface area contributed by atoms with E-state index >= 15 is 0 Å². The van der Waals surface area contributed by atoms with Crippen LogP contribution in [0.5, 0.6) is 0 Å². The van der Waals surface area contributed by atoms with Crippen LogP contribution in [-0.2, 0) is 4.79 Å². The highest BCUT2D eigenvalue weighted by atomic mass is 16.2. The standard InChI is InChI=1S/C26H30N6O2/c1-5-32(6-2)13-12-29-26(34)23-16(3)22(30-17(23)4)15-20-19-14-18(24-27-10-7-11-28-24)8-9-21(19)31-25(20)33/h7-11,14-15,30H,5-6,12-13H2,1-4H3,(H,29,34)(H,31,33)/b20-15-. The lowest BCUT2D eigenvalue weighted by Crippen LogP contribution is -2.35. The molecule has 0 atom stereocenters. The van der Waals surface area contributed by atoms with Crippen LogP contribution >= 0.6 is 0 Å². The molecule has 3 aromatic rings. The molecule has 1 aliphatic rings. The molecular weight excluding hydrogens is 428 g/mol. The number of aromatic nitrogens is 3. The summed E-state index contributed by atoms with van der Waals surface area (Å²) in [6.07, 6.45) is 5.19. The lowest BCUT2D eigenvalue weighted by Gasteiger charge is -2.18. The van der Waals surface area contributed by atoms with Crippen molar-refractivity contribution in [2.75, 3.05) is 31.5 Å². The van der Waals surface area contributed by atoms with Crippen molar-refractivity contribution in [2.45, 2.75) is 27.7 Å². The highest BCUT2D eigenvalue weighted by Crippen LogP contribution is 2.36. The van der Waals surface area contributed by atoms with E-state index in [0.717, 1.165) is 53.4 Å². The summed E-state index contributed by atoms with van der Waals surface area (Å²) in [5.41, 5.74) is 5.84. The smallest absolute Gasteiger partial charge is 0.256 e. The van der Waals surface area contributed by atoms with E-state index in [-0.39, 0.29) is 11.8 Å². The molecule has 1 aliphatic heterocycles. The Balaban J connectivity index is 1.61. The highest BCUT2D eigenvalue weighted by molar-refractivity contribution is 6.35. The van der Waals surface area contributed by atoms with E-state index in [1.807, 2.05) is 38.1 Å². The molecule has 0 saturated heterocycles. The van der Waals surface area contributed by atoms with Gasteiger partial charge in [-0.2, -0.15) is 0 Å². The van der Waals surface area contributed by atoms with E-state index in [9.17, 15) is 9.59 Å². The highest BCUT2D eigenvalue weighted by Gasteiger charge is 2.26. The van der Waals surface area contributed by atoms with Gasteiger partial charge in [0.25, 0.3) is 11.8 Å². The van der Waals surface area contributed by atoms with E-state index in [0.29, 0.717) is 23.5 Å². The molecule has 3 N–H and O–H groups in total. The quantitative estimate of drug-likeness (QED) is 0.447. The Labute approximate surface area is 199 Å². The number of hydrogen-bond donors (Lipinski definition) is 3. The minimum atomic E-state index is -0.182. The van der Waals surface area contributed by atoms with Crippen molar-refractivity contribution in [3.05, 3.63) is 64.7 Å². The zero-order valence-electron chi connectivity index (χ0n) is 20.0. The van der Waals surface area contributed by atoms with Crippen molar-refractivity contribution >= 4 is 29.2 Å².